The van der Waals surface area contributed by atoms with Crippen LogP contribution in [-0.4, -0.2) is 24.9 Å². The van der Waals surface area contributed by atoms with Crippen LogP contribution in [0.5, 0.6) is 0 Å². The molecule has 0 amide bonds. The van der Waals surface area contributed by atoms with Gasteiger partial charge in [-0.1, -0.05) is 30.3 Å². The second-order valence-electron chi connectivity index (χ2n) is 5.19. The average Bonchev–Trinajstić information content (AvgIpc) is 2.70. The lowest BCUT2D eigenvalue weighted by Gasteiger charge is -2.05. The highest BCUT2D eigenvalue weighted by molar-refractivity contribution is 5.70. The molecule has 24 heavy (non-hydrogen) atoms. The number of hydrogen-bond acceptors (Lipinski definition) is 5. The Morgan fingerprint density at radius 1 is 0.583 bits per heavy atom. The Labute approximate surface area is 139 Å². The molecule has 4 rings (SSSR count). The van der Waals surface area contributed by atoms with Gasteiger partial charge in [-0.25, -0.2) is 15.0 Å². The topological polar surface area (TPSA) is 64.5 Å². The fraction of sp³-hybridized carbons (Fsp3) is 0. The fourth-order valence-electron chi connectivity index (χ4n) is 2.46. The summed E-state index contributed by atoms with van der Waals surface area (Å²) < 4.78 is 0. The van der Waals surface area contributed by atoms with E-state index in [2.05, 4.69) is 24.9 Å². The summed E-state index contributed by atoms with van der Waals surface area (Å²) in [6.07, 6.45) is 6.62. The molecular weight excluding hydrogens is 298 g/mol. The molecule has 0 unspecified atom stereocenters. The van der Waals surface area contributed by atoms with Crippen LogP contribution in [0.2, 0.25) is 0 Å². The van der Waals surface area contributed by atoms with Crippen molar-refractivity contribution in [3.8, 4) is 33.9 Å². The van der Waals surface area contributed by atoms with E-state index in [9.17, 15) is 0 Å². The van der Waals surface area contributed by atoms with Crippen LogP contribution >= 0.6 is 0 Å². The van der Waals surface area contributed by atoms with Gasteiger partial charge in [0.25, 0.3) is 0 Å². The minimum Gasteiger partial charge on any atom is -0.255 e. The van der Waals surface area contributed by atoms with E-state index in [1.54, 1.807) is 6.20 Å². The molecule has 0 saturated heterocycles. The number of benzene rings is 1. The Kier molecular flexibility index (Phi) is 3.73. The molecule has 5 nitrogen and oxygen atoms in total. The maximum absolute atomic E-state index is 4.52. The van der Waals surface area contributed by atoms with Gasteiger partial charge in [0.05, 0.1) is 11.4 Å². The summed E-state index contributed by atoms with van der Waals surface area (Å²) >= 11 is 0. The lowest BCUT2D eigenvalue weighted by atomic mass is 10.0. The van der Waals surface area contributed by atoms with E-state index in [0.29, 0.717) is 5.82 Å². The lowest BCUT2D eigenvalue weighted by Crippen LogP contribution is -1.90. The molecule has 0 aliphatic carbocycles. The molecule has 3 heterocycles. The van der Waals surface area contributed by atoms with Crippen LogP contribution in [0, 0.1) is 0 Å². The zero-order valence-electron chi connectivity index (χ0n) is 12.7. The van der Waals surface area contributed by atoms with E-state index in [0.717, 1.165) is 28.1 Å². The first-order valence-corrected chi connectivity index (χ1v) is 7.50. The van der Waals surface area contributed by atoms with Crippen LogP contribution in [0.25, 0.3) is 33.9 Å². The summed E-state index contributed by atoms with van der Waals surface area (Å²) in [4.78, 5) is 21.1. The van der Waals surface area contributed by atoms with E-state index in [4.69, 9.17) is 0 Å². The maximum atomic E-state index is 4.52. The summed E-state index contributed by atoms with van der Waals surface area (Å²) in [6, 6.07) is 17.9. The molecular formula is C19H13N5. The molecule has 0 saturated carbocycles. The van der Waals surface area contributed by atoms with Gasteiger partial charge >= 0.3 is 0 Å². The van der Waals surface area contributed by atoms with Crippen molar-refractivity contribution in [3.05, 3.63) is 79.6 Å². The number of pyridine rings is 2. The van der Waals surface area contributed by atoms with Crippen molar-refractivity contribution < 1.29 is 0 Å². The van der Waals surface area contributed by atoms with Gasteiger partial charge in [-0.15, -0.1) is 0 Å². The Morgan fingerprint density at radius 2 is 1.42 bits per heavy atom. The highest BCUT2D eigenvalue weighted by Crippen LogP contribution is 2.25. The van der Waals surface area contributed by atoms with Crippen molar-refractivity contribution in [2.75, 3.05) is 0 Å². The Bertz CT molecular complexity index is 938. The van der Waals surface area contributed by atoms with Gasteiger partial charge in [-0.3, -0.25) is 9.97 Å². The standard InChI is InChI=1S/C19H13N5/c1-2-9-21-17(6-1)18-8-7-16(11-22-18)14-4-3-5-15(10-14)19-23-12-20-13-24-19/h1-13H. The second-order valence-corrected chi connectivity index (χ2v) is 5.19. The molecule has 114 valence electrons. The van der Waals surface area contributed by atoms with E-state index in [1.807, 2.05) is 60.8 Å². The van der Waals surface area contributed by atoms with Crippen LogP contribution in [0.3, 0.4) is 0 Å². The second kappa shape index (κ2) is 6.34. The first kappa shape index (κ1) is 14.1. The molecule has 0 aliphatic heterocycles. The Hall–Kier alpha value is -3.47. The fourth-order valence-corrected chi connectivity index (χ4v) is 2.46. The quantitative estimate of drug-likeness (QED) is 0.577. The lowest BCUT2D eigenvalue weighted by molar-refractivity contribution is 1.06. The smallest absolute Gasteiger partial charge is 0.162 e. The van der Waals surface area contributed by atoms with Crippen molar-refractivity contribution >= 4 is 0 Å². The van der Waals surface area contributed by atoms with E-state index < -0.39 is 0 Å². The molecule has 4 aromatic rings. The van der Waals surface area contributed by atoms with Crippen molar-refractivity contribution in [2.24, 2.45) is 0 Å². The molecule has 0 spiro atoms. The SMILES string of the molecule is c1ccc(-c2ccc(-c3cccc(-c4ncncn4)c3)cn2)nc1. The van der Waals surface area contributed by atoms with Crippen LogP contribution in [0.4, 0.5) is 0 Å². The molecule has 3 aromatic heterocycles. The van der Waals surface area contributed by atoms with Crippen LogP contribution in [0.1, 0.15) is 0 Å². The third-order valence-corrected chi connectivity index (χ3v) is 3.64. The van der Waals surface area contributed by atoms with E-state index in [-0.39, 0.29) is 0 Å². The number of aromatic nitrogens is 5. The summed E-state index contributed by atoms with van der Waals surface area (Å²) in [6.45, 7) is 0. The normalized spacial score (nSPS) is 10.5. The molecule has 1 aromatic carbocycles. The van der Waals surface area contributed by atoms with Crippen molar-refractivity contribution in [3.63, 3.8) is 0 Å². The van der Waals surface area contributed by atoms with E-state index >= 15 is 0 Å². The highest BCUT2D eigenvalue weighted by atomic mass is 15.0. The third kappa shape index (κ3) is 2.87. The molecule has 0 aliphatic rings. The molecule has 0 radical (unpaired) electrons. The first-order valence-electron chi connectivity index (χ1n) is 7.50. The predicted molar refractivity (Wildman–Crippen MR) is 91.7 cm³/mol. The van der Waals surface area contributed by atoms with Crippen molar-refractivity contribution in [1.29, 1.82) is 0 Å². The molecule has 0 N–H and O–H groups in total. The zero-order chi connectivity index (χ0) is 16.2. The van der Waals surface area contributed by atoms with Gasteiger partial charge in [-0.2, -0.15) is 0 Å². The summed E-state index contributed by atoms with van der Waals surface area (Å²) in [5, 5.41) is 0. The van der Waals surface area contributed by atoms with Crippen LogP contribution in [-0.2, 0) is 0 Å². The molecule has 0 fully saturated rings. The largest absolute Gasteiger partial charge is 0.255 e. The number of nitrogens with zero attached hydrogens (tertiary/aromatic N) is 5. The van der Waals surface area contributed by atoms with Crippen molar-refractivity contribution in [1.82, 2.24) is 24.9 Å². The Balaban J connectivity index is 1.67. The molecule has 0 bridgehead atoms. The average molecular weight is 311 g/mol. The van der Waals surface area contributed by atoms with Gasteiger partial charge in [0.2, 0.25) is 0 Å². The van der Waals surface area contributed by atoms with E-state index in [1.165, 1.54) is 12.7 Å². The summed E-state index contributed by atoms with van der Waals surface area (Å²) in [5.41, 5.74) is 4.76. The van der Waals surface area contributed by atoms with Gasteiger partial charge in [-0.05, 0) is 29.8 Å². The van der Waals surface area contributed by atoms with Gasteiger partial charge < -0.3 is 0 Å². The number of rotatable bonds is 3. The highest BCUT2D eigenvalue weighted by Gasteiger charge is 2.05. The summed E-state index contributed by atoms with van der Waals surface area (Å²) in [5.74, 6) is 0.657. The predicted octanol–water partition coefficient (Wildman–Crippen LogP) is 3.66. The van der Waals surface area contributed by atoms with Gasteiger partial charge in [0.15, 0.2) is 5.82 Å². The monoisotopic (exact) mass is 311 g/mol. The van der Waals surface area contributed by atoms with Gasteiger partial charge in [0.1, 0.15) is 12.7 Å². The third-order valence-electron chi connectivity index (χ3n) is 3.64. The summed E-state index contributed by atoms with van der Waals surface area (Å²) in [7, 11) is 0. The first-order chi connectivity index (χ1) is 11.9. The van der Waals surface area contributed by atoms with Crippen LogP contribution in [0.15, 0.2) is 79.6 Å². The zero-order valence-corrected chi connectivity index (χ0v) is 12.7. The van der Waals surface area contributed by atoms with Crippen LogP contribution < -0.4 is 0 Å². The number of hydrogen-bond donors (Lipinski definition) is 0. The molecule has 0 atom stereocenters. The minimum absolute atomic E-state index is 0.657. The maximum Gasteiger partial charge on any atom is 0.162 e. The Morgan fingerprint density at radius 3 is 2.17 bits per heavy atom. The minimum atomic E-state index is 0.657. The molecule has 5 heteroatoms. The van der Waals surface area contributed by atoms with Gasteiger partial charge in [0, 0.05) is 23.5 Å². The van der Waals surface area contributed by atoms with Crippen molar-refractivity contribution in [2.45, 2.75) is 0 Å².